The molecule has 0 radical (unpaired) electrons. The number of thiophene rings is 1. The van der Waals surface area contributed by atoms with Gasteiger partial charge in [0.05, 0.1) is 24.8 Å². The summed E-state index contributed by atoms with van der Waals surface area (Å²) in [4.78, 5) is 27.3. The van der Waals surface area contributed by atoms with Gasteiger partial charge in [-0.2, -0.15) is 0 Å². The molecule has 0 saturated carbocycles. The van der Waals surface area contributed by atoms with E-state index in [0.717, 1.165) is 10.6 Å². The van der Waals surface area contributed by atoms with Gasteiger partial charge in [0, 0.05) is 40.1 Å². The molecule has 162 valence electrons. The summed E-state index contributed by atoms with van der Waals surface area (Å²) in [5.41, 5.74) is 2.87. The van der Waals surface area contributed by atoms with E-state index in [-0.39, 0.29) is 28.2 Å². The maximum absolute atomic E-state index is 13.4. The van der Waals surface area contributed by atoms with Crippen molar-refractivity contribution in [2.45, 2.75) is 31.6 Å². The van der Waals surface area contributed by atoms with E-state index in [9.17, 15) is 14.7 Å². The molecular weight excluding hydrogens is 438 g/mol. The Labute approximate surface area is 189 Å². The fraction of sp³-hybridized carbons (Fsp3) is 0.304. The molecule has 2 heterocycles. The summed E-state index contributed by atoms with van der Waals surface area (Å²) in [5.74, 6) is -1.17. The number of ether oxygens (including phenoxy) is 2. The molecule has 0 unspecified atom stereocenters. The number of esters is 1. The third kappa shape index (κ3) is 3.72. The summed E-state index contributed by atoms with van der Waals surface area (Å²) >= 11 is 7.88. The Morgan fingerprint density at radius 1 is 1.29 bits per heavy atom. The first-order valence-corrected chi connectivity index (χ1v) is 11.0. The second-order valence-electron chi connectivity index (χ2n) is 7.58. The maximum atomic E-state index is 13.4. The fourth-order valence-corrected chi connectivity index (χ4v) is 5.44. The van der Waals surface area contributed by atoms with Crippen LogP contribution in [0, 0.1) is 0 Å². The molecule has 2 N–H and O–H groups in total. The zero-order chi connectivity index (χ0) is 22.3. The monoisotopic (exact) mass is 459 g/mol. The van der Waals surface area contributed by atoms with Crippen molar-refractivity contribution in [1.29, 1.82) is 0 Å². The van der Waals surface area contributed by atoms with Crippen LogP contribution in [0.25, 0.3) is 0 Å². The predicted molar refractivity (Wildman–Crippen MR) is 119 cm³/mol. The number of carbonyl (C=O) groups excluding carboxylic acids is 2. The number of hydrogen-bond donors (Lipinski definition) is 2. The van der Waals surface area contributed by atoms with Crippen LogP contribution in [-0.2, 0) is 14.3 Å². The van der Waals surface area contributed by atoms with Gasteiger partial charge in [0.1, 0.15) is 0 Å². The molecule has 2 atom stereocenters. The minimum Gasteiger partial charge on any atom is -0.503 e. The number of Topliss-reactive ketones (excluding diaryl/α,β-unsaturated/α-hetero) is 1. The van der Waals surface area contributed by atoms with Crippen LogP contribution in [-0.4, -0.2) is 31.1 Å². The van der Waals surface area contributed by atoms with Crippen LogP contribution >= 0.6 is 22.9 Å². The quantitative estimate of drug-likeness (QED) is 0.647. The average molecular weight is 460 g/mol. The highest BCUT2D eigenvalue weighted by Crippen LogP contribution is 2.48. The minimum atomic E-state index is -0.674. The van der Waals surface area contributed by atoms with Gasteiger partial charge < -0.3 is 19.9 Å². The molecule has 2 aromatic rings. The maximum Gasteiger partial charge on any atom is 0.336 e. The Kier molecular flexibility index (Phi) is 5.81. The normalized spacial score (nSPS) is 21.0. The van der Waals surface area contributed by atoms with E-state index < -0.39 is 11.9 Å². The van der Waals surface area contributed by atoms with E-state index in [2.05, 4.69) is 5.32 Å². The Morgan fingerprint density at radius 2 is 2.06 bits per heavy atom. The molecule has 0 spiro atoms. The number of rotatable bonds is 4. The number of phenolic OH excluding ortho intramolecular Hbond substituents is 1. The van der Waals surface area contributed by atoms with Crippen molar-refractivity contribution in [3.8, 4) is 11.5 Å². The van der Waals surface area contributed by atoms with Gasteiger partial charge in [0.2, 0.25) is 0 Å². The predicted octanol–water partition coefficient (Wildman–Crippen LogP) is 4.65. The highest BCUT2D eigenvalue weighted by molar-refractivity contribution is 7.10. The number of ketones is 1. The molecule has 1 aromatic heterocycles. The zero-order valence-electron chi connectivity index (χ0n) is 17.3. The van der Waals surface area contributed by atoms with Crippen LogP contribution in [0.2, 0.25) is 5.02 Å². The Hall–Kier alpha value is -2.77. The fourth-order valence-electron chi connectivity index (χ4n) is 4.39. The topological polar surface area (TPSA) is 84.9 Å². The van der Waals surface area contributed by atoms with Gasteiger partial charge in [-0.05, 0) is 42.5 Å². The number of hydrogen-bond acceptors (Lipinski definition) is 7. The van der Waals surface area contributed by atoms with Gasteiger partial charge in [-0.3, -0.25) is 4.79 Å². The summed E-state index contributed by atoms with van der Waals surface area (Å²) in [5, 5.41) is 15.5. The summed E-state index contributed by atoms with van der Waals surface area (Å²) in [6.07, 6.45) is 1.01. The third-order valence-corrected chi connectivity index (χ3v) is 7.11. The van der Waals surface area contributed by atoms with Crippen molar-refractivity contribution in [1.82, 2.24) is 5.32 Å². The lowest BCUT2D eigenvalue weighted by Gasteiger charge is -2.36. The third-order valence-electron chi connectivity index (χ3n) is 5.78. The first-order valence-electron chi connectivity index (χ1n) is 9.77. The smallest absolute Gasteiger partial charge is 0.336 e. The molecule has 8 heteroatoms. The number of dihydropyridines is 1. The Balaban J connectivity index is 1.88. The van der Waals surface area contributed by atoms with Crippen LogP contribution in [0.5, 0.6) is 11.5 Å². The number of allylic oxidation sites excluding steroid dienone is 3. The SMILES string of the molecule is COC(=O)C1=C(C)NC2=C(C(=O)C[C@@H](c3cccs3)C2)[C@@H]1c1cc(Cl)c(O)c(OC)c1. The molecule has 0 fully saturated rings. The molecule has 2 aliphatic rings. The number of aromatic hydroxyl groups is 1. The molecular formula is C23H22ClNO5S. The molecule has 0 bridgehead atoms. The number of phenols is 1. The average Bonchev–Trinajstić information content (AvgIpc) is 3.29. The first-order chi connectivity index (χ1) is 14.8. The van der Waals surface area contributed by atoms with Gasteiger partial charge in [0.25, 0.3) is 0 Å². The van der Waals surface area contributed by atoms with E-state index in [1.165, 1.54) is 14.2 Å². The van der Waals surface area contributed by atoms with Crippen LogP contribution < -0.4 is 10.1 Å². The molecule has 4 rings (SSSR count). The molecule has 1 aliphatic heterocycles. The van der Waals surface area contributed by atoms with Crippen molar-refractivity contribution in [3.05, 3.63) is 67.6 Å². The van der Waals surface area contributed by atoms with Crippen LogP contribution in [0.4, 0.5) is 0 Å². The van der Waals surface area contributed by atoms with Crippen molar-refractivity contribution in [3.63, 3.8) is 0 Å². The van der Waals surface area contributed by atoms with Crippen molar-refractivity contribution < 1.29 is 24.2 Å². The van der Waals surface area contributed by atoms with Crippen LogP contribution in [0.15, 0.2) is 52.2 Å². The summed E-state index contributed by atoms with van der Waals surface area (Å²) < 4.78 is 10.3. The largest absolute Gasteiger partial charge is 0.503 e. The van der Waals surface area contributed by atoms with Gasteiger partial charge in [-0.25, -0.2) is 4.79 Å². The van der Waals surface area contributed by atoms with E-state index in [0.29, 0.717) is 35.2 Å². The molecule has 0 saturated heterocycles. The molecule has 31 heavy (non-hydrogen) atoms. The lowest BCUT2D eigenvalue weighted by molar-refractivity contribution is -0.136. The second kappa shape index (κ2) is 8.40. The van der Waals surface area contributed by atoms with Crippen LogP contribution in [0.3, 0.4) is 0 Å². The van der Waals surface area contributed by atoms with Crippen molar-refractivity contribution >= 4 is 34.7 Å². The van der Waals surface area contributed by atoms with Gasteiger partial charge in [-0.1, -0.05) is 17.7 Å². The van der Waals surface area contributed by atoms with Crippen LogP contribution in [0.1, 0.15) is 42.0 Å². The summed E-state index contributed by atoms with van der Waals surface area (Å²) in [7, 11) is 2.73. The Morgan fingerprint density at radius 3 is 2.71 bits per heavy atom. The zero-order valence-corrected chi connectivity index (χ0v) is 18.9. The van der Waals surface area contributed by atoms with E-state index in [1.54, 1.807) is 30.4 Å². The summed E-state index contributed by atoms with van der Waals surface area (Å²) in [6, 6.07) is 7.20. The number of methoxy groups -OCH3 is 2. The van der Waals surface area contributed by atoms with Crippen molar-refractivity contribution in [2.75, 3.05) is 14.2 Å². The Bertz CT molecular complexity index is 1120. The molecule has 1 aliphatic carbocycles. The number of benzene rings is 1. The van der Waals surface area contributed by atoms with E-state index in [1.807, 2.05) is 17.5 Å². The number of carbonyl (C=O) groups is 2. The standard InChI is InChI=1S/C23H22ClNO5S/c1-11-19(23(28)30-3)20(13-7-14(24)22(27)17(10-13)29-2)21-15(25-11)8-12(9-16(21)26)18-5-4-6-31-18/h4-7,10,12,20,25,27H,8-9H2,1-3H3/t12-,20+/m0/s1. The lowest BCUT2D eigenvalue weighted by Crippen LogP contribution is -2.35. The lowest BCUT2D eigenvalue weighted by atomic mass is 9.72. The number of nitrogens with one attached hydrogen (secondary N) is 1. The first kappa shape index (κ1) is 21.5. The molecule has 1 aromatic carbocycles. The second-order valence-corrected chi connectivity index (χ2v) is 8.96. The molecule has 6 nitrogen and oxygen atoms in total. The van der Waals surface area contributed by atoms with E-state index in [4.69, 9.17) is 21.1 Å². The summed E-state index contributed by atoms with van der Waals surface area (Å²) in [6.45, 7) is 1.79. The van der Waals surface area contributed by atoms with Gasteiger partial charge in [-0.15, -0.1) is 11.3 Å². The van der Waals surface area contributed by atoms with Gasteiger partial charge >= 0.3 is 5.97 Å². The van der Waals surface area contributed by atoms with E-state index >= 15 is 0 Å². The highest BCUT2D eigenvalue weighted by atomic mass is 35.5. The molecule has 0 amide bonds. The van der Waals surface area contributed by atoms with Crippen molar-refractivity contribution in [2.24, 2.45) is 0 Å². The number of halogens is 1. The van der Waals surface area contributed by atoms with Gasteiger partial charge in [0.15, 0.2) is 17.3 Å². The highest BCUT2D eigenvalue weighted by Gasteiger charge is 2.41. The minimum absolute atomic E-state index is 0.0331.